The molecule has 0 aromatic carbocycles. The lowest BCUT2D eigenvalue weighted by molar-refractivity contribution is -0.192. The number of nitrogens with zero attached hydrogens (tertiary/aromatic N) is 5. The molecule has 0 unspecified atom stereocenters. The number of amides is 1. The summed E-state index contributed by atoms with van der Waals surface area (Å²) < 4.78 is 41.3. The highest BCUT2D eigenvalue weighted by atomic mass is 19.4. The van der Waals surface area contributed by atoms with Crippen molar-refractivity contribution in [3.8, 4) is 11.3 Å². The molecule has 200 valence electrons. The zero-order valence-electron chi connectivity index (χ0n) is 20.7. The fraction of sp³-hybridized carbons (Fsp3) is 0.308. The number of carboxylic acid groups (broad SMARTS) is 1. The second-order valence-corrected chi connectivity index (χ2v) is 9.01. The van der Waals surface area contributed by atoms with Gasteiger partial charge in [0, 0.05) is 48.0 Å². The van der Waals surface area contributed by atoms with Crippen LogP contribution in [0.2, 0.25) is 0 Å². The van der Waals surface area contributed by atoms with Crippen LogP contribution in [0.15, 0.2) is 65.7 Å². The van der Waals surface area contributed by atoms with Crippen LogP contribution < -0.4 is 0 Å². The first kappa shape index (κ1) is 26.7. The van der Waals surface area contributed by atoms with E-state index in [0.29, 0.717) is 31.4 Å². The van der Waals surface area contributed by atoms with Gasteiger partial charge in [-0.25, -0.2) is 4.79 Å². The molecule has 0 atom stereocenters. The van der Waals surface area contributed by atoms with E-state index in [1.54, 1.807) is 12.5 Å². The lowest BCUT2D eigenvalue weighted by Crippen LogP contribution is -2.31. The van der Waals surface area contributed by atoms with Gasteiger partial charge in [-0.1, -0.05) is 6.07 Å². The molecule has 5 heterocycles. The predicted molar refractivity (Wildman–Crippen MR) is 130 cm³/mol. The number of carboxylic acids is 1. The van der Waals surface area contributed by atoms with Crippen molar-refractivity contribution >= 4 is 11.9 Å². The maximum absolute atomic E-state index is 13.2. The third kappa shape index (κ3) is 6.13. The first-order valence-electron chi connectivity index (χ1n) is 11.8. The number of halogens is 3. The summed E-state index contributed by atoms with van der Waals surface area (Å²) in [5.74, 6) is -2.03. The molecule has 0 fully saturated rings. The lowest BCUT2D eigenvalue weighted by atomic mass is 10.1. The second-order valence-electron chi connectivity index (χ2n) is 9.01. The molecule has 0 aliphatic carbocycles. The highest BCUT2D eigenvalue weighted by Gasteiger charge is 2.38. The number of hydrogen-bond donors (Lipinski definition) is 1. The van der Waals surface area contributed by atoms with Gasteiger partial charge in [-0.3, -0.25) is 14.5 Å². The molecule has 1 aliphatic heterocycles. The first-order chi connectivity index (χ1) is 18.0. The van der Waals surface area contributed by atoms with E-state index in [9.17, 15) is 18.0 Å². The van der Waals surface area contributed by atoms with Crippen molar-refractivity contribution in [2.75, 3.05) is 0 Å². The van der Waals surface area contributed by atoms with E-state index in [-0.39, 0.29) is 12.3 Å². The van der Waals surface area contributed by atoms with E-state index >= 15 is 0 Å². The van der Waals surface area contributed by atoms with E-state index in [1.807, 2.05) is 46.1 Å². The number of hydrogen-bond acceptors (Lipinski definition) is 5. The number of carbonyl (C=O) groups is 2. The molecule has 1 amide bonds. The minimum Gasteiger partial charge on any atom is -0.475 e. The topological polar surface area (TPSA) is 106 Å². The standard InChI is InChI=1S/C24H25N5O2.C2HF3O2/c1-17(2)29-10-8-21-22(29)16-27(23(30)12-20-7-5-11-31-20)13-18-14-28(26-24(18)21)15-19-6-3-4-9-25-19;3-2(4,5)1(6)7/h3-11,14,17H,12-13,15-16H2,1-2H3;(H,6,7). The number of rotatable bonds is 5. The minimum absolute atomic E-state index is 0.0442. The Morgan fingerprint density at radius 3 is 2.50 bits per heavy atom. The van der Waals surface area contributed by atoms with Gasteiger partial charge in [-0.2, -0.15) is 18.3 Å². The zero-order valence-corrected chi connectivity index (χ0v) is 20.7. The summed E-state index contributed by atoms with van der Waals surface area (Å²) in [6.45, 7) is 5.97. The lowest BCUT2D eigenvalue weighted by Gasteiger charge is -2.23. The van der Waals surface area contributed by atoms with Gasteiger partial charge >= 0.3 is 12.1 Å². The van der Waals surface area contributed by atoms with Crippen molar-refractivity contribution in [2.45, 2.75) is 52.1 Å². The van der Waals surface area contributed by atoms with Gasteiger partial charge in [0.1, 0.15) is 5.76 Å². The van der Waals surface area contributed by atoms with Gasteiger partial charge in [0.2, 0.25) is 5.91 Å². The van der Waals surface area contributed by atoms with E-state index in [0.717, 1.165) is 28.2 Å². The summed E-state index contributed by atoms with van der Waals surface area (Å²) in [7, 11) is 0. The van der Waals surface area contributed by atoms with Crippen molar-refractivity contribution in [2.24, 2.45) is 0 Å². The SMILES string of the molecule is CC(C)n1ccc2c1CN(C(=O)Cc1ccco1)Cc1cn(Cc3ccccn3)nc1-2.O=C(O)C(F)(F)F. The molecular weight excluding hydrogens is 503 g/mol. The molecule has 0 bridgehead atoms. The fourth-order valence-corrected chi connectivity index (χ4v) is 4.18. The summed E-state index contributed by atoms with van der Waals surface area (Å²) in [5.41, 5.74) is 5.15. The summed E-state index contributed by atoms with van der Waals surface area (Å²) in [6.07, 6.45) is 2.70. The van der Waals surface area contributed by atoms with Gasteiger partial charge in [0.25, 0.3) is 0 Å². The number of fused-ring (bicyclic) bond motifs is 3. The third-order valence-electron chi connectivity index (χ3n) is 5.93. The number of carbonyl (C=O) groups excluding carboxylic acids is 1. The molecule has 5 rings (SSSR count). The molecule has 9 nitrogen and oxygen atoms in total. The highest BCUT2D eigenvalue weighted by molar-refractivity contribution is 5.80. The average Bonchev–Trinajstić information content (AvgIpc) is 3.58. The number of aromatic nitrogens is 4. The Morgan fingerprint density at radius 2 is 1.89 bits per heavy atom. The maximum atomic E-state index is 13.2. The Balaban J connectivity index is 0.000000426. The van der Waals surface area contributed by atoms with Gasteiger partial charge in [-0.05, 0) is 44.2 Å². The van der Waals surface area contributed by atoms with Crippen LogP contribution >= 0.6 is 0 Å². The molecule has 0 saturated carbocycles. The van der Waals surface area contributed by atoms with Crippen LogP contribution in [-0.4, -0.2) is 47.4 Å². The summed E-state index contributed by atoms with van der Waals surface area (Å²) in [4.78, 5) is 28.4. The molecule has 12 heteroatoms. The van der Waals surface area contributed by atoms with Gasteiger partial charge in [-0.15, -0.1) is 0 Å². The number of aliphatic carboxylic acids is 1. The molecule has 4 aromatic rings. The largest absolute Gasteiger partial charge is 0.490 e. The second kappa shape index (κ2) is 11.0. The Kier molecular flexibility index (Phi) is 7.70. The van der Waals surface area contributed by atoms with E-state index in [2.05, 4.69) is 35.7 Å². The number of furan rings is 1. The number of pyridine rings is 1. The monoisotopic (exact) mass is 529 g/mol. The average molecular weight is 530 g/mol. The quantitative estimate of drug-likeness (QED) is 0.402. The van der Waals surface area contributed by atoms with Crippen LogP contribution in [0.1, 0.15) is 42.6 Å². The van der Waals surface area contributed by atoms with Crippen LogP contribution in [0.5, 0.6) is 0 Å². The molecule has 1 aliphatic rings. The van der Waals surface area contributed by atoms with Gasteiger partial charge < -0.3 is 19.0 Å². The summed E-state index contributed by atoms with van der Waals surface area (Å²) >= 11 is 0. The molecule has 0 radical (unpaired) electrons. The molecular formula is C26H26F3N5O4. The summed E-state index contributed by atoms with van der Waals surface area (Å²) in [5, 5.41) is 12.0. The van der Waals surface area contributed by atoms with Crippen LogP contribution in [0, 0.1) is 0 Å². The number of alkyl halides is 3. The molecule has 0 saturated heterocycles. The molecule has 38 heavy (non-hydrogen) atoms. The van der Waals surface area contributed by atoms with Crippen LogP contribution in [0.3, 0.4) is 0 Å². The van der Waals surface area contributed by atoms with Gasteiger partial charge in [0.05, 0.1) is 37.2 Å². The Morgan fingerprint density at radius 1 is 1.13 bits per heavy atom. The van der Waals surface area contributed by atoms with Crippen molar-refractivity contribution < 1.29 is 32.3 Å². The molecule has 4 aromatic heterocycles. The van der Waals surface area contributed by atoms with Gasteiger partial charge in [0.15, 0.2) is 0 Å². The maximum Gasteiger partial charge on any atom is 0.490 e. The molecule has 1 N–H and O–H groups in total. The van der Waals surface area contributed by atoms with Crippen molar-refractivity contribution in [1.29, 1.82) is 0 Å². The van der Waals surface area contributed by atoms with E-state index in [4.69, 9.17) is 19.4 Å². The van der Waals surface area contributed by atoms with Crippen molar-refractivity contribution in [3.63, 3.8) is 0 Å². The molecule has 0 spiro atoms. The first-order valence-corrected chi connectivity index (χ1v) is 11.8. The Labute approximate surface area is 216 Å². The van der Waals surface area contributed by atoms with E-state index in [1.165, 1.54) is 0 Å². The fourth-order valence-electron chi connectivity index (χ4n) is 4.18. The zero-order chi connectivity index (χ0) is 27.4. The predicted octanol–water partition coefficient (Wildman–Crippen LogP) is 4.69. The normalized spacial score (nSPS) is 12.8. The Bertz CT molecular complexity index is 1390. The van der Waals surface area contributed by atoms with Crippen molar-refractivity contribution in [1.82, 2.24) is 24.2 Å². The minimum atomic E-state index is -5.08. The Hall–Kier alpha value is -4.35. The summed E-state index contributed by atoms with van der Waals surface area (Å²) in [6, 6.07) is 11.9. The van der Waals surface area contributed by atoms with Crippen LogP contribution in [0.25, 0.3) is 11.3 Å². The van der Waals surface area contributed by atoms with E-state index < -0.39 is 12.1 Å². The van der Waals surface area contributed by atoms with Crippen LogP contribution in [0.4, 0.5) is 13.2 Å². The van der Waals surface area contributed by atoms with Crippen LogP contribution in [-0.2, 0) is 35.6 Å². The third-order valence-corrected chi connectivity index (χ3v) is 5.93. The highest BCUT2D eigenvalue weighted by Crippen LogP contribution is 2.34. The van der Waals surface area contributed by atoms with Crippen molar-refractivity contribution in [3.05, 3.63) is 84.0 Å². The smallest absolute Gasteiger partial charge is 0.475 e.